The van der Waals surface area contributed by atoms with Gasteiger partial charge >= 0.3 is 6.18 Å². The van der Waals surface area contributed by atoms with E-state index in [1.807, 2.05) is 0 Å². The largest absolute Gasteiger partial charge is 0.464 e. The number of nitrogens with two attached hydrogens (primary N) is 1. The van der Waals surface area contributed by atoms with Gasteiger partial charge in [0, 0.05) is 6.42 Å². The van der Waals surface area contributed by atoms with E-state index < -0.39 is 27.2 Å². The van der Waals surface area contributed by atoms with Gasteiger partial charge in [-0.2, -0.15) is 13.2 Å². The molecule has 1 aromatic rings. The Morgan fingerprint density at radius 2 is 2.00 bits per heavy atom. The molecular weight excluding hydrogens is 247 g/mol. The maximum Gasteiger partial charge on any atom is 0.413 e. The third-order valence-corrected chi connectivity index (χ3v) is 3.07. The smallest absolute Gasteiger partial charge is 0.413 e. The molecule has 2 N–H and O–H groups in total. The summed E-state index contributed by atoms with van der Waals surface area (Å²) in [5, 5.41) is 1.74. The van der Waals surface area contributed by atoms with Gasteiger partial charge in [0.15, 0.2) is 0 Å². The van der Waals surface area contributed by atoms with Crippen molar-refractivity contribution in [2.24, 2.45) is 5.14 Å². The maximum absolute atomic E-state index is 12.5. The lowest BCUT2D eigenvalue weighted by atomic mass is 10.3. The van der Waals surface area contributed by atoms with Gasteiger partial charge in [-0.3, -0.25) is 0 Å². The van der Waals surface area contributed by atoms with Gasteiger partial charge < -0.3 is 4.42 Å². The summed E-state index contributed by atoms with van der Waals surface area (Å²) >= 11 is 0. The number of alkyl halides is 3. The monoisotopic (exact) mass is 257 g/mol. The van der Waals surface area contributed by atoms with Gasteiger partial charge in [0.25, 0.3) is 0 Å². The predicted molar refractivity (Wildman–Crippen MR) is 50.0 cm³/mol. The molecule has 0 spiro atoms. The number of primary sulfonamides is 1. The quantitative estimate of drug-likeness (QED) is 0.896. The highest BCUT2D eigenvalue weighted by molar-refractivity contribution is 7.89. The van der Waals surface area contributed by atoms with Crippen molar-refractivity contribution in [1.29, 1.82) is 0 Å². The normalized spacial score (nSPS) is 15.1. The fraction of sp³-hybridized carbons (Fsp3) is 0.500. The molecule has 4 nitrogen and oxygen atoms in total. The van der Waals surface area contributed by atoms with Crippen LogP contribution in [0.3, 0.4) is 0 Å². The molecule has 0 radical (unpaired) electrons. The number of rotatable bonds is 3. The summed E-state index contributed by atoms with van der Waals surface area (Å²) in [7, 11) is -4.79. The Morgan fingerprint density at radius 1 is 1.44 bits per heavy atom. The molecular formula is C8H10F3NO3S. The number of aryl methyl sites for hydroxylation is 1. The highest BCUT2D eigenvalue weighted by Crippen LogP contribution is 2.38. The standard InChI is InChI=1S/C8H10F3NO3S/c1-2-5-3-4-6(15-5)7(8(9,10)11)16(12,13)14/h3-4,7H,2H2,1H3,(H2,12,13,14). The highest BCUT2D eigenvalue weighted by Gasteiger charge is 2.50. The van der Waals surface area contributed by atoms with E-state index in [4.69, 9.17) is 4.42 Å². The van der Waals surface area contributed by atoms with E-state index in [9.17, 15) is 21.6 Å². The minimum absolute atomic E-state index is 0.271. The Kier molecular flexibility index (Phi) is 3.34. The molecule has 92 valence electrons. The van der Waals surface area contributed by atoms with Crippen molar-refractivity contribution in [3.8, 4) is 0 Å². The summed E-state index contributed by atoms with van der Waals surface area (Å²) in [4.78, 5) is 0. The molecule has 1 unspecified atom stereocenters. The van der Waals surface area contributed by atoms with Crippen LogP contribution in [-0.4, -0.2) is 14.6 Å². The molecule has 0 saturated carbocycles. The lowest BCUT2D eigenvalue weighted by Crippen LogP contribution is -2.33. The first-order chi connectivity index (χ1) is 7.16. The van der Waals surface area contributed by atoms with Crippen molar-refractivity contribution in [2.75, 3.05) is 0 Å². The van der Waals surface area contributed by atoms with E-state index in [-0.39, 0.29) is 5.76 Å². The van der Waals surface area contributed by atoms with Crippen LogP contribution in [0.2, 0.25) is 0 Å². The number of halogens is 3. The molecule has 16 heavy (non-hydrogen) atoms. The molecule has 8 heteroatoms. The lowest BCUT2D eigenvalue weighted by Gasteiger charge is -2.15. The van der Waals surface area contributed by atoms with Gasteiger partial charge in [-0.25, -0.2) is 13.6 Å². The molecule has 0 aliphatic rings. The zero-order chi connectivity index (χ0) is 12.6. The molecule has 0 aliphatic carbocycles. The number of hydrogen-bond acceptors (Lipinski definition) is 3. The van der Waals surface area contributed by atoms with Gasteiger partial charge in [0.1, 0.15) is 11.5 Å². The van der Waals surface area contributed by atoms with Crippen LogP contribution in [0.25, 0.3) is 0 Å². The van der Waals surface area contributed by atoms with Crippen LogP contribution in [0.4, 0.5) is 13.2 Å². The zero-order valence-corrected chi connectivity index (χ0v) is 9.10. The molecule has 1 heterocycles. The van der Waals surface area contributed by atoms with Gasteiger partial charge in [0.2, 0.25) is 15.3 Å². The minimum Gasteiger partial charge on any atom is -0.464 e. The van der Waals surface area contributed by atoms with E-state index in [1.165, 1.54) is 6.07 Å². The molecule has 1 atom stereocenters. The van der Waals surface area contributed by atoms with Crippen LogP contribution in [-0.2, 0) is 16.4 Å². The molecule has 0 aliphatic heterocycles. The fourth-order valence-corrected chi connectivity index (χ4v) is 2.06. The summed E-state index contributed by atoms with van der Waals surface area (Å²) in [6.07, 6.45) is -4.62. The third-order valence-electron chi connectivity index (χ3n) is 1.92. The molecule has 0 saturated heterocycles. The Balaban J connectivity index is 3.23. The SMILES string of the molecule is CCc1ccc(C(C(F)(F)F)S(N)(=O)=O)o1. The van der Waals surface area contributed by atoms with Crippen molar-refractivity contribution >= 4 is 10.0 Å². The Hall–Kier alpha value is -1.02. The van der Waals surface area contributed by atoms with Crippen molar-refractivity contribution in [3.05, 3.63) is 23.7 Å². The minimum atomic E-state index is -4.99. The van der Waals surface area contributed by atoms with Gasteiger partial charge in [0.05, 0.1) is 0 Å². The number of sulfonamides is 1. The van der Waals surface area contributed by atoms with E-state index >= 15 is 0 Å². The number of hydrogen-bond donors (Lipinski definition) is 1. The Labute approximate surface area is 90.3 Å². The maximum atomic E-state index is 12.5. The highest BCUT2D eigenvalue weighted by atomic mass is 32.2. The zero-order valence-electron chi connectivity index (χ0n) is 8.28. The summed E-state index contributed by atoms with van der Waals surface area (Å²) in [5.74, 6) is -0.431. The third kappa shape index (κ3) is 2.76. The second-order valence-electron chi connectivity index (χ2n) is 3.17. The molecule has 0 amide bonds. The van der Waals surface area contributed by atoms with Crippen LogP contribution in [0.1, 0.15) is 23.7 Å². The molecule has 1 aromatic heterocycles. The van der Waals surface area contributed by atoms with Gasteiger partial charge in [-0.05, 0) is 12.1 Å². The Morgan fingerprint density at radius 3 is 2.31 bits per heavy atom. The van der Waals surface area contributed by atoms with E-state index in [1.54, 1.807) is 6.92 Å². The fourth-order valence-electron chi connectivity index (χ4n) is 1.23. The summed E-state index contributed by atoms with van der Waals surface area (Å²) in [6.45, 7) is 1.67. The van der Waals surface area contributed by atoms with Crippen LogP contribution < -0.4 is 5.14 Å². The van der Waals surface area contributed by atoms with E-state index in [0.29, 0.717) is 6.42 Å². The molecule has 1 rings (SSSR count). The van der Waals surface area contributed by atoms with Crippen molar-refractivity contribution in [3.63, 3.8) is 0 Å². The molecule has 0 aromatic carbocycles. The van der Waals surface area contributed by atoms with E-state index in [0.717, 1.165) is 6.07 Å². The molecule has 0 fully saturated rings. The summed E-state index contributed by atoms with van der Waals surface area (Å²) in [5.41, 5.74) is 0. The van der Waals surface area contributed by atoms with Crippen LogP contribution >= 0.6 is 0 Å². The Bertz CT molecular complexity index is 463. The van der Waals surface area contributed by atoms with Gasteiger partial charge in [-0.1, -0.05) is 6.92 Å². The first kappa shape index (κ1) is 13.0. The van der Waals surface area contributed by atoms with Crippen LogP contribution in [0.15, 0.2) is 16.5 Å². The second kappa shape index (κ2) is 4.10. The average molecular weight is 257 g/mol. The van der Waals surface area contributed by atoms with Crippen LogP contribution in [0, 0.1) is 0 Å². The first-order valence-corrected chi connectivity index (χ1v) is 5.94. The summed E-state index contributed by atoms with van der Waals surface area (Å²) in [6, 6.07) is 2.26. The van der Waals surface area contributed by atoms with Crippen molar-refractivity contribution in [2.45, 2.75) is 24.8 Å². The van der Waals surface area contributed by atoms with E-state index in [2.05, 4.69) is 5.14 Å². The topological polar surface area (TPSA) is 73.3 Å². The van der Waals surface area contributed by atoms with Gasteiger partial charge in [-0.15, -0.1) is 0 Å². The number of furan rings is 1. The first-order valence-electron chi connectivity index (χ1n) is 4.33. The van der Waals surface area contributed by atoms with Crippen molar-refractivity contribution in [1.82, 2.24) is 0 Å². The lowest BCUT2D eigenvalue weighted by molar-refractivity contribution is -0.134. The predicted octanol–water partition coefficient (Wildman–Crippen LogP) is 1.73. The second-order valence-corrected chi connectivity index (χ2v) is 4.82. The molecule has 0 bridgehead atoms. The average Bonchev–Trinajstić information content (AvgIpc) is 2.47. The van der Waals surface area contributed by atoms with Crippen molar-refractivity contribution < 1.29 is 26.0 Å². The van der Waals surface area contributed by atoms with Crippen LogP contribution in [0.5, 0.6) is 0 Å². The summed E-state index contributed by atoms with van der Waals surface area (Å²) < 4.78 is 64.0.